The van der Waals surface area contributed by atoms with E-state index in [1.807, 2.05) is 47.0 Å². The summed E-state index contributed by atoms with van der Waals surface area (Å²) in [5.41, 5.74) is 3.00. The second-order valence-electron chi connectivity index (χ2n) is 5.05. The highest BCUT2D eigenvalue weighted by Crippen LogP contribution is 2.26. The number of hydrogen-bond acceptors (Lipinski definition) is 3. The fourth-order valence-corrected chi connectivity index (χ4v) is 2.56. The van der Waals surface area contributed by atoms with Gasteiger partial charge in [0, 0.05) is 17.1 Å². The van der Waals surface area contributed by atoms with Crippen molar-refractivity contribution in [2.75, 3.05) is 7.11 Å². The van der Waals surface area contributed by atoms with E-state index >= 15 is 0 Å². The highest BCUT2D eigenvalue weighted by atomic mass is 35.5. The summed E-state index contributed by atoms with van der Waals surface area (Å²) < 4.78 is 6.78. The summed E-state index contributed by atoms with van der Waals surface area (Å²) in [6, 6.07) is 17.3. The van der Waals surface area contributed by atoms with Gasteiger partial charge < -0.3 is 9.30 Å². The maximum absolute atomic E-state index is 12.0. The van der Waals surface area contributed by atoms with Gasteiger partial charge in [-0.25, -0.2) is 9.78 Å². The molecule has 0 aliphatic rings. The van der Waals surface area contributed by atoms with E-state index in [1.165, 1.54) is 7.11 Å². The van der Waals surface area contributed by atoms with Crippen molar-refractivity contribution in [3.8, 4) is 11.3 Å². The molecule has 4 nitrogen and oxygen atoms in total. The van der Waals surface area contributed by atoms with Crippen LogP contribution in [0.4, 0.5) is 0 Å². The first-order valence-corrected chi connectivity index (χ1v) is 7.50. The van der Waals surface area contributed by atoms with Crippen molar-refractivity contribution in [2.24, 2.45) is 0 Å². The minimum atomic E-state index is -0.457. The first-order valence-electron chi connectivity index (χ1n) is 7.12. The lowest BCUT2D eigenvalue weighted by Gasteiger charge is -2.10. The number of rotatable bonds is 4. The number of aromatic nitrogens is 2. The van der Waals surface area contributed by atoms with Crippen LogP contribution in [0.5, 0.6) is 0 Å². The lowest BCUT2D eigenvalue weighted by Crippen LogP contribution is -2.06. The van der Waals surface area contributed by atoms with Gasteiger partial charge >= 0.3 is 5.97 Å². The van der Waals surface area contributed by atoms with E-state index in [4.69, 9.17) is 16.3 Å². The summed E-state index contributed by atoms with van der Waals surface area (Å²) in [4.78, 5) is 16.3. The first-order chi connectivity index (χ1) is 11.2. The van der Waals surface area contributed by atoms with Crippen LogP contribution in [0.3, 0.4) is 0 Å². The number of methoxy groups -OCH3 is 1. The normalized spacial score (nSPS) is 10.5. The van der Waals surface area contributed by atoms with Gasteiger partial charge in [-0.3, -0.25) is 0 Å². The van der Waals surface area contributed by atoms with E-state index in [0.717, 1.165) is 16.8 Å². The summed E-state index contributed by atoms with van der Waals surface area (Å²) in [6.07, 6.45) is 1.66. The van der Waals surface area contributed by atoms with Crippen molar-refractivity contribution in [2.45, 2.75) is 6.54 Å². The largest absolute Gasteiger partial charge is 0.464 e. The summed E-state index contributed by atoms with van der Waals surface area (Å²) in [5.74, 6) is -0.457. The second-order valence-corrected chi connectivity index (χ2v) is 5.49. The molecule has 0 atom stereocenters. The topological polar surface area (TPSA) is 44.1 Å². The number of imidazole rings is 1. The van der Waals surface area contributed by atoms with E-state index in [-0.39, 0.29) is 0 Å². The van der Waals surface area contributed by atoms with Crippen LogP contribution in [-0.4, -0.2) is 22.6 Å². The van der Waals surface area contributed by atoms with Crippen LogP contribution in [0, 0.1) is 0 Å². The van der Waals surface area contributed by atoms with Gasteiger partial charge in [0.05, 0.1) is 19.1 Å². The number of carbonyl (C=O) groups is 1. The van der Waals surface area contributed by atoms with Crippen LogP contribution in [0.15, 0.2) is 60.9 Å². The summed E-state index contributed by atoms with van der Waals surface area (Å²) in [7, 11) is 1.35. The molecule has 3 aromatic rings. The van der Waals surface area contributed by atoms with E-state index in [1.54, 1.807) is 18.5 Å². The summed E-state index contributed by atoms with van der Waals surface area (Å²) >= 11 is 5.96. The molecule has 0 unspecified atom stereocenters. The van der Waals surface area contributed by atoms with Crippen molar-refractivity contribution in [1.82, 2.24) is 9.55 Å². The Morgan fingerprint density at radius 2 is 1.83 bits per heavy atom. The van der Waals surface area contributed by atoms with E-state index < -0.39 is 5.97 Å². The Bertz CT molecular complexity index is 811. The highest BCUT2D eigenvalue weighted by Gasteiger charge is 2.20. The van der Waals surface area contributed by atoms with Crippen LogP contribution >= 0.6 is 11.6 Å². The van der Waals surface area contributed by atoms with Gasteiger partial charge in [-0.2, -0.15) is 0 Å². The fourth-order valence-electron chi connectivity index (χ4n) is 2.44. The third kappa shape index (κ3) is 3.27. The SMILES string of the molecule is COC(=O)c1ncn(Cc2ccccc2)c1-c1ccc(Cl)cc1. The molecule has 5 heteroatoms. The molecule has 0 bridgehead atoms. The maximum atomic E-state index is 12.0. The molecule has 3 rings (SSSR count). The van der Waals surface area contributed by atoms with Crippen molar-refractivity contribution >= 4 is 17.6 Å². The predicted octanol–water partition coefficient (Wildman–Crippen LogP) is 4.04. The molecule has 0 amide bonds. The molecule has 1 heterocycles. The zero-order chi connectivity index (χ0) is 16.2. The van der Waals surface area contributed by atoms with Crippen molar-refractivity contribution in [3.05, 3.63) is 77.2 Å². The molecule has 2 aromatic carbocycles. The fraction of sp³-hybridized carbons (Fsp3) is 0.111. The number of nitrogens with zero attached hydrogens (tertiary/aromatic N) is 2. The molecule has 0 aliphatic heterocycles. The quantitative estimate of drug-likeness (QED) is 0.680. The Morgan fingerprint density at radius 1 is 1.13 bits per heavy atom. The van der Waals surface area contributed by atoms with Crippen LogP contribution in [0.2, 0.25) is 5.02 Å². The van der Waals surface area contributed by atoms with Crippen LogP contribution in [0.25, 0.3) is 11.3 Å². The number of benzene rings is 2. The number of esters is 1. The molecule has 0 radical (unpaired) electrons. The molecule has 1 aromatic heterocycles. The van der Waals surface area contributed by atoms with E-state index in [0.29, 0.717) is 17.3 Å². The molecule has 0 N–H and O–H groups in total. The average Bonchev–Trinajstić information content (AvgIpc) is 2.99. The van der Waals surface area contributed by atoms with E-state index in [9.17, 15) is 4.79 Å². The van der Waals surface area contributed by atoms with Gasteiger partial charge in [0.2, 0.25) is 0 Å². The monoisotopic (exact) mass is 326 g/mol. The van der Waals surface area contributed by atoms with Crippen molar-refractivity contribution in [1.29, 1.82) is 0 Å². The Labute approximate surface area is 139 Å². The molecule has 0 saturated heterocycles. The zero-order valence-electron chi connectivity index (χ0n) is 12.6. The molecule has 0 spiro atoms. The van der Waals surface area contributed by atoms with Gasteiger partial charge in [-0.1, -0.05) is 54.1 Å². The molecular formula is C18H15ClN2O2. The number of ether oxygens (including phenoxy) is 1. The van der Waals surface area contributed by atoms with Gasteiger partial charge in [-0.15, -0.1) is 0 Å². The van der Waals surface area contributed by atoms with Gasteiger partial charge in [-0.05, 0) is 17.7 Å². The molecule has 116 valence electrons. The van der Waals surface area contributed by atoms with Gasteiger partial charge in [0.15, 0.2) is 5.69 Å². The average molecular weight is 327 g/mol. The molecule has 0 fully saturated rings. The van der Waals surface area contributed by atoms with Crippen molar-refractivity contribution in [3.63, 3.8) is 0 Å². The van der Waals surface area contributed by atoms with Gasteiger partial charge in [0.1, 0.15) is 0 Å². The third-order valence-electron chi connectivity index (χ3n) is 3.53. The molecule has 23 heavy (non-hydrogen) atoms. The van der Waals surface area contributed by atoms with Gasteiger partial charge in [0.25, 0.3) is 0 Å². The number of carbonyl (C=O) groups excluding carboxylic acids is 1. The van der Waals surface area contributed by atoms with E-state index in [2.05, 4.69) is 4.98 Å². The standard InChI is InChI=1S/C18H15ClN2O2/c1-23-18(22)16-17(14-7-9-15(19)10-8-14)21(12-20-16)11-13-5-3-2-4-6-13/h2-10,12H,11H2,1H3. The Hall–Kier alpha value is -2.59. The number of halogens is 1. The van der Waals surface area contributed by atoms with Crippen LogP contribution in [-0.2, 0) is 11.3 Å². The number of hydrogen-bond donors (Lipinski definition) is 0. The van der Waals surface area contributed by atoms with Crippen LogP contribution < -0.4 is 0 Å². The lowest BCUT2D eigenvalue weighted by molar-refractivity contribution is 0.0595. The van der Waals surface area contributed by atoms with Crippen molar-refractivity contribution < 1.29 is 9.53 Å². The highest BCUT2D eigenvalue weighted by molar-refractivity contribution is 6.30. The lowest BCUT2D eigenvalue weighted by atomic mass is 10.1. The predicted molar refractivity (Wildman–Crippen MR) is 89.6 cm³/mol. The maximum Gasteiger partial charge on any atom is 0.358 e. The summed E-state index contributed by atoms with van der Waals surface area (Å²) in [5, 5.41) is 0.641. The van der Waals surface area contributed by atoms with Crippen LogP contribution in [0.1, 0.15) is 16.1 Å². The second kappa shape index (κ2) is 6.67. The first kappa shape index (κ1) is 15.3. The molecule has 0 saturated carbocycles. The molecular weight excluding hydrogens is 312 g/mol. The smallest absolute Gasteiger partial charge is 0.358 e. The Balaban J connectivity index is 2.07. The molecule has 0 aliphatic carbocycles. The Morgan fingerprint density at radius 3 is 2.48 bits per heavy atom. The minimum absolute atomic E-state index is 0.297. The minimum Gasteiger partial charge on any atom is -0.464 e. The summed E-state index contributed by atoms with van der Waals surface area (Å²) in [6.45, 7) is 0.614. The third-order valence-corrected chi connectivity index (χ3v) is 3.78. The Kier molecular flexibility index (Phi) is 4.44. The zero-order valence-corrected chi connectivity index (χ0v) is 13.3.